The molecule has 0 N–H and O–H groups in total. The Morgan fingerprint density at radius 3 is 2.72 bits per heavy atom. The average molecular weight is 345 g/mol. The van der Waals surface area contributed by atoms with Gasteiger partial charge in [-0.25, -0.2) is 9.37 Å². The van der Waals surface area contributed by atoms with Gasteiger partial charge in [-0.1, -0.05) is 31.0 Å². The fraction of sp³-hybridized carbons (Fsp3) is 0.588. The van der Waals surface area contributed by atoms with Crippen molar-refractivity contribution in [3.8, 4) is 0 Å². The lowest BCUT2D eigenvalue weighted by molar-refractivity contribution is -0.527. The zero-order valence-electron chi connectivity index (χ0n) is 15.4. The molecule has 0 aliphatic carbocycles. The van der Waals surface area contributed by atoms with Crippen LogP contribution in [0.15, 0.2) is 22.2 Å². The molecule has 3 aliphatic rings. The number of hydrogen-bond donors (Lipinski definition) is 0. The summed E-state index contributed by atoms with van der Waals surface area (Å²) in [7, 11) is 1.68. The zero-order chi connectivity index (χ0) is 18.3. The van der Waals surface area contributed by atoms with Gasteiger partial charge in [0.15, 0.2) is 0 Å². The number of carbonyl (C=O) groups excluding carboxylic acids is 2. The van der Waals surface area contributed by atoms with Crippen molar-refractivity contribution in [1.29, 1.82) is 0 Å². The zero-order valence-corrected chi connectivity index (χ0v) is 15.4. The summed E-state index contributed by atoms with van der Waals surface area (Å²) in [6.45, 7) is 9.38. The van der Waals surface area contributed by atoms with Crippen molar-refractivity contribution in [1.82, 2.24) is 14.8 Å². The highest BCUT2D eigenvalue weighted by molar-refractivity contribution is 6.23. The first-order valence-corrected chi connectivity index (χ1v) is 8.59. The Morgan fingerprint density at radius 1 is 1.36 bits per heavy atom. The molecule has 1 fully saturated rings. The number of allylic oxidation sites excluding steroid dienone is 1. The Morgan fingerprint density at radius 2 is 2.08 bits per heavy atom. The second kappa shape index (κ2) is 6.42. The Kier molecular flexibility index (Phi) is 4.45. The highest BCUT2D eigenvalue weighted by Crippen LogP contribution is 2.23. The van der Waals surface area contributed by atoms with Crippen LogP contribution in [0.4, 0.5) is 4.79 Å². The summed E-state index contributed by atoms with van der Waals surface area (Å²) in [6.07, 6.45) is 3.93. The fourth-order valence-electron chi connectivity index (χ4n) is 3.26. The van der Waals surface area contributed by atoms with Gasteiger partial charge < -0.3 is 0 Å². The molecule has 8 heteroatoms. The molecule has 134 valence electrons. The number of hydrogen-bond acceptors (Lipinski definition) is 5. The molecule has 3 aliphatic heterocycles. The maximum Gasteiger partial charge on any atom is 0.417 e. The minimum Gasteiger partial charge on any atom is -0.270 e. The summed E-state index contributed by atoms with van der Waals surface area (Å²) in [5, 5.41) is 6.32. The Balaban J connectivity index is 1.99. The third kappa shape index (κ3) is 2.85. The molecule has 3 rings (SSSR count). The van der Waals surface area contributed by atoms with Gasteiger partial charge in [-0.3, -0.25) is 14.6 Å². The van der Waals surface area contributed by atoms with E-state index in [2.05, 4.69) is 10.1 Å². The van der Waals surface area contributed by atoms with E-state index in [0.717, 1.165) is 5.71 Å². The normalized spacial score (nSPS) is 23.6. The molecule has 0 aromatic carbocycles. The van der Waals surface area contributed by atoms with E-state index in [-0.39, 0.29) is 17.9 Å². The van der Waals surface area contributed by atoms with E-state index in [9.17, 15) is 9.59 Å². The van der Waals surface area contributed by atoms with Crippen LogP contribution in [-0.4, -0.2) is 81.6 Å². The van der Waals surface area contributed by atoms with Gasteiger partial charge >= 0.3 is 12.0 Å². The van der Waals surface area contributed by atoms with E-state index in [4.69, 9.17) is 0 Å². The number of likely N-dealkylation sites (N-methyl/N-ethyl adjacent to an activating group) is 1. The van der Waals surface area contributed by atoms with Gasteiger partial charge in [0, 0.05) is 13.6 Å². The number of fused-ring (bicyclic) bond motifs is 2. The molecule has 8 nitrogen and oxygen atoms in total. The van der Waals surface area contributed by atoms with Gasteiger partial charge in [0.1, 0.15) is 13.1 Å². The maximum atomic E-state index is 13.1. The molecule has 0 aromatic heterocycles. The smallest absolute Gasteiger partial charge is 0.270 e. The number of nitrogens with zero attached hydrogens (tertiary/aromatic N) is 6. The molecule has 3 amide bonds. The topological polar surface area (TPSA) is 71.6 Å². The van der Waals surface area contributed by atoms with Crippen molar-refractivity contribution < 1.29 is 14.2 Å². The molecule has 0 saturated carbocycles. The Labute approximate surface area is 147 Å². The van der Waals surface area contributed by atoms with Crippen molar-refractivity contribution in [3.05, 3.63) is 12.2 Å². The lowest BCUT2D eigenvalue weighted by Crippen LogP contribution is -2.63. The molecule has 1 unspecified atom stereocenters. The SMILES string of the molecule is C/C=C/CN1N=C(C)C[N+]2=C1N=C1C2C(=O)N(CC(C)C)C(=O)N1C. The molecule has 1 saturated heterocycles. The number of imide groups is 1. The molecule has 25 heavy (non-hydrogen) atoms. The molecular formula is C17H25N6O2+. The van der Waals surface area contributed by atoms with Crippen LogP contribution in [0.1, 0.15) is 27.7 Å². The predicted molar refractivity (Wildman–Crippen MR) is 95.7 cm³/mol. The van der Waals surface area contributed by atoms with E-state index < -0.39 is 6.04 Å². The van der Waals surface area contributed by atoms with E-state index in [1.54, 1.807) is 12.1 Å². The number of hydrazone groups is 1. The van der Waals surface area contributed by atoms with Crippen molar-refractivity contribution in [2.45, 2.75) is 33.7 Å². The third-order valence-corrected chi connectivity index (χ3v) is 4.37. The molecule has 0 aromatic rings. The Hall–Kier alpha value is -2.51. The molecular weight excluding hydrogens is 320 g/mol. The first-order chi connectivity index (χ1) is 11.8. The average Bonchev–Trinajstić information content (AvgIpc) is 2.94. The van der Waals surface area contributed by atoms with Gasteiger partial charge in [-0.2, -0.15) is 0 Å². The van der Waals surface area contributed by atoms with Crippen LogP contribution >= 0.6 is 0 Å². The fourth-order valence-corrected chi connectivity index (χ4v) is 3.26. The highest BCUT2D eigenvalue weighted by atomic mass is 16.2. The van der Waals surface area contributed by atoms with Crippen LogP contribution in [0.2, 0.25) is 0 Å². The number of guanidine groups is 1. The summed E-state index contributed by atoms with van der Waals surface area (Å²) >= 11 is 0. The molecule has 3 heterocycles. The maximum absolute atomic E-state index is 13.1. The standard InChI is InChI=1S/C17H25N6O2/c1-6-7-8-23-16-18-14-13(21(16)10-12(4)19-23)15(24)22(9-11(2)3)17(25)20(14)5/h6-7,11,13H,8-10H2,1-5H3/q+1/b7-6+. The number of amidine groups is 1. The number of amides is 3. The number of carbonyl (C=O) groups is 2. The summed E-state index contributed by atoms with van der Waals surface area (Å²) in [6, 6.07) is -0.873. The number of rotatable bonds is 4. The van der Waals surface area contributed by atoms with Crippen molar-refractivity contribution >= 4 is 29.4 Å². The van der Waals surface area contributed by atoms with Crippen LogP contribution in [0, 0.1) is 5.92 Å². The summed E-state index contributed by atoms with van der Waals surface area (Å²) in [5.41, 5.74) is 0.910. The lowest BCUT2D eigenvalue weighted by Gasteiger charge is -2.35. The molecule has 1 atom stereocenters. The second-order valence-electron chi connectivity index (χ2n) is 6.97. The second-order valence-corrected chi connectivity index (χ2v) is 6.97. The van der Waals surface area contributed by atoms with Crippen molar-refractivity contribution in [2.75, 3.05) is 26.7 Å². The first-order valence-electron chi connectivity index (χ1n) is 8.59. The van der Waals surface area contributed by atoms with Gasteiger partial charge in [0.2, 0.25) is 11.9 Å². The summed E-state index contributed by atoms with van der Waals surface area (Å²) in [4.78, 5) is 33.1. The molecule has 0 spiro atoms. The van der Waals surface area contributed by atoms with Gasteiger partial charge in [-0.15, -0.1) is 10.1 Å². The largest absolute Gasteiger partial charge is 0.417 e. The minimum atomic E-state index is -0.560. The molecule has 0 radical (unpaired) electrons. The van der Waals surface area contributed by atoms with E-state index in [1.165, 1.54) is 9.80 Å². The molecule has 0 bridgehead atoms. The number of aliphatic imine (C=N–C) groups is 1. The summed E-state index contributed by atoms with van der Waals surface area (Å²) < 4.78 is 1.94. The van der Waals surface area contributed by atoms with Crippen LogP contribution < -0.4 is 0 Å². The van der Waals surface area contributed by atoms with Crippen LogP contribution in [0.25, 0.3) is 0 Å². The lowest BCUT2D eigenvalue weighted by atomic mass is 10.1. The van der Waals surface area contributed by atoms with Gasteiger partial charge in [0.25, 0.3) is 5.91 Å². The first kappa shape index (κ1) is 17.3. The van der Waals surface area contributed by atoms with Gasteiger partial charge in [-0.05, 0) is 19.8 Å². The van der Waals surface area contributed by atoms with Crippen molar-refractivity contribution in [2.24, 2.45) is 16.0 Å². The van der Waals surface area contributed by atoms with Crippen LogP contribution in [-0.2, 0) is 4.79 Å². The highest BCUT2D eigenvalue weighted by Gasteiger charge is 2.54. The van der Waals surface area contributed by atoms with E-state index in [0.29, 0.717) is 31.4 Å². The minimum absolute atomic E-state index is 0.203. The monoisotopic (exact) mass is 345 g/mol. The van der Waals surface area contributed by atoms with Crippen LogP contribution in [0.5, 0.6) is 0 Å². The number of urea groups is 1. The van der Waals surface area contributed by atoms with Gasteiger partial charge in [0.05, 0.1) is 5.71 Å². The quantitative estimate of drug-likeness (QED) is 0.563. The van der Waals surface area contributed by atoms with Crippen molar-refractivity contribution in [3.63, 3.8) is 0 Å². The Bertz CT molecular complexity index is 733. The van der Waals surface area contributed by atoms with E-state index >= 15 is 0 Å². The summed E-state index contributed by atoms with van der Waals surface area (Å²) in [5.74, 6) is 1.12. The van der Waals surface area contributed by atoms with E-state index in [1.807, 2.05) is 44.4 Å². The predicted octanol–water partition coefficient (Wildman–Crippen LogP) is 0.953. The van der Waals surface area contributed by atoms with Crippen LogP contribution in [0.3, 0.4) is 0 Å². The third-order valence-electron chi connectivity index (χ3n) is 4.37.